The van der Waals surface area contributed by atoms with Crippen molar-refractivity contribution in [2.45, 2.75) is 43.9 Å². The Bertz CT molecular complexity index is 715. The van der Waals surface area contributed by atoms with Crippen LogP contribution in [-0.4, -0.2) is 45.1 Å². The molecule has 25 heavy (non-hydrogen) atoms. The van der Waals surface area contributed by atoms with Crippen LogP contribution in [0.5, 0.6) is 0 Å². The van der Waals surface area contributed by atoms with Crippen molar-refractivity contribution in [1.82, 2.24) is 4.98 Å². The number of rotatable bonds is 5. The maximum absolute atomic E-state index is 13.4. The standard InChI is InChI=1S/C19H27N3O2Si/c1-25(2,3)8-7-24-13-22-17-16(5-4-6-21-17)19(18(22)23)9-14-11-20-12-15(14)10-19/h4-6,11,14-15H,7-10,12-13H2,1-3H3/t14-,15+,19+/m0/s1. The van der Waals surface area contributed by atoms with Gasteiger partial charge >= 0.3 is 0 Å². The highest BCUT2D eigenvalue weighted by molar-refractivity contribution is 6.76. The van der Waals surface area contributed by atoms with E-state index in [1.54, 1.807) is 11.1 Å². The fraction of sp³-hybridized carbons (Fsp3) is 0.632. The maximum Gasteiger partial charge on any atom is 0.240 e. The lowest BCUT2D eigenvalue weighted by atomic mass is 9.79. The van der Waals surface area contributed by atoms with Gasteiger partial charge in [-0.15, -0.1) is 0 Å². The van der Waals surface area contributed by atoms with E-state index in [1.807, 2.05) is 6.07 Å². The quantitative estimate of drug-likeness (QED) is 0.601. The topological polar surface area (TPSA) is 54.8 Å². The van der Waals surface area contributed by atoms with Crippen LogP contribution in [0.2, 0.25) is 25.7 Å². The molecule has 4 rings (SSSR count). The number of aliphatic imine (C=N–C) groups is 1. The molecule has 1 saturated carbocycles. The number of anilines is 1. The summed E-state index contributed by atoms with van der Waals surface area (Å²) >= 11 is 0. The van der Waals surface area contributed by atoms with E-state index >= 15 is 0 Å². The van der Waals surface area contributed by atoms with E-state index in [-0.39, 0.29) is 5.91 Å². The Labute approximate surface area is 150 Å². The van der Waals surface area contributed by atoms with Gasteiger partial charge in [0.05, 0.1) is 5.41 Å². The van der Waals surface area contributed by atoms with E-state index in [4.69, 9.17) is 4.74 Å². The van der Waals surface area contributed by atoms with Crippen molar-refractivity contribution in [3.8, 4) is 0 Å². The number of hydrogen-bond donors (Lipinski definition) is 0. The first-order valence-electron chi connectivity index (χ1n) is 9.26. The van der Waals surface area contributed by atoms with Crippen LogP contribution in [0.1, 0.15) is 18.4 Å². The van der Waals surface area contributed by atoms with Gasteiger partial charge in [0.1, 0.15) is 12.5 Å². The molecule has 6 heteroatoms. The number of carbonyl (C=O) groups is 1. The molecule has 0 unspecified atom stereocenters. The Morgan fingerprint density at radius 2 is 2.20 bits per heavy atom. The summed E-state index contributed by atoms with van der Waals surface area (Å²) in [5, 5.41) is 0. The first-order chi connectivity index (χ1) is 11.9. The first-order valence-corrected chi connectivity index (χ1v) is 13.0. The lowest BCUT2D eigenvalue weighted by Crippen LogP contribution is -2.40. The Morgan fingerprint density at radius 1 is 1.36 bits per heavy atom. The summed E-state index contributed by atoms with van der Waals surface area (Å²) in [6, 6.07) is 5.14. The average molecular weight is 358 g/mol. The minimum atomic E-state index is -1.13. The molecule has 1 amide bonds. The second-order valence-electron chi connectivity index (χ2n) is 8.88. The van der Waals surface area contributed by atoms with E-state index in [1.165, 1.54) is 0 Å². The molecular formula is C19H27N3O2Si. The van der Waals surface area contributed by atoms with Crippen LogP contribution < -0.4 is 4.90 Å². The highest BCUT2D eigenvalue weighted by atomic mass is 28.3. The highest BCUT2D eigenvalue weighted by Gasteiger charge is 2.58. The van der Waals surface area contributed by atoms with Crippen molar-refractivity contribution in [3.05, 3.63) is 23.9 Å². The molecule has 134 valence electrons. The van der Waals surface area contributed by atoms with Gasteiger partial charge in [0, 0.05) is 39.2 Å². The zero-order chi connectivity index (χ0) is 17.7. The number of amides is 1. The van der Waals surface area contributed by atoms with Gasteiger partial charge in [-0.2, -0.15) is 0 Å². The van der Waals surface area contributed by atoms with Gasteiger partial charge in [0.25, 0.3) is 0 Å². The van der Waals surface area contributed by atoms with Crippen LogP contribution in [0.15, 0.2) is 23.3 Å². The van der Waals surface area contributed by atoms with Crippen molar-refractivity contribution < 1.29 is 9.53 Å². The third-order valence-electron chi connectivity index (χ3n) is 5.87. The molecule has 1 aliphatic carbocycles. The van der Waals surface area contributed by atoms with Gasteiger partial charge in [-0.1, -0.05) is 25.7 Å². The number of pyridine rings is 1. The van der Waals surface area contributed by atoms with E-state index in [0.717, 1.165) is 36.8 Å². The third kappa shape index (κ3) is 2.85. The number of fused-ring (bicyclic) bond motifs is 3. The number of hydrogen-bond acceptors (Lipinski definition) is 4. The number of ether oxygens (including phenoxy) is 1. The molecule has 3 aliphatic rings. The van der Waals surface area contributed by atoms with Gasteiger partial charge in [-0.05, 0) is 36.8 Å². The van der Waals surface area contributed by atoms with Crippen molar-refractivity contribution in [3.63, 3.8) is 0 Å². The minimum absolute atomic E-state index is 0.178. The van der Waals surface area contributed by atoms with Crippen LogP contribution in [0.25, 0.3) is 0 Å². The van der Waals surface area contributed by atoms with Crippen molar-refractivity contribution in [2.24, 2.45) is 16.8 Å². The van der Waals surface area contributed by atoms with Crippen molar-refractivity contribution in [2.75, 3.05) is 24.8 Å². The maximum atomic E-state index is 13.4. The van der Waals surface area contributed by atoms with E-state index in [9.17, 15) is 4.79 Å². The molecule has 0 bridgehead atoms. The smallest absolute Gasteiger partial charge is 0.240 e. The van der Waals surface area contributed by atoms with Crippen LogP contribution in [0, 0.1) is 11.8 Å². The van der Waals surface area contributed by atoms with Crippen LogP contribution >= 0.6 is 0 Å². The molecule has 2 aliphatic heterocycles. The summed E-state index contributed by atoms with van der Waals surface area (Å²) in [7, 11) is -1.13. The van der Waals surface area contributed by atoms with Gasteiger partial charge in [-0.25, -0.2) is 4.98 Å². The lowest BCUT2D eigenvalue weighted by Gasteiger charge is -2.24. The summed E-state index contributed by atoms with van der Waals surface area (Å²) < 4.78 is 5.89. The van der Waals surface area contributed by atoms with Crippen molar-refractivity contribution >= 4 is 26.0 Å². The summed E-state index contributed by atoms with van der Waals surface area (Å²) in [6.45, 7) is 8.90. The van der Waals surface area contributed by atoms with E-state index < -0.39 is 13.5 Å². The fourth-order valence-electron chi connectivity index (χ4n) is 4.46. The highest BCUT2D eigenvalue weighted by Crippen LogP contribution is 2.55. The first kappa shape index (κ1) is 16.9. The van der Waals surface area contributed by atoms with Crippen molar-refractivity contribution in [1.29, 1.82) is 0 Å². The van der Waals surface area contributed by atoms with E-state index in [2.05, 4.69) is 41.9 Å². The normalized spacial score (nSPS) is 30.4. The van der Waals surface area contributed by atoms with Crippen LogP contribution in [0.4, 0.5) is 5.82 Å². The summed E-state index contributed by atoms with van der Waals surface area (Å²) in [4.78, 5) is 24.1. The largest absolute Gasteiger partial charge is 0.361 e. The number of aromatic nitrogens is 1. The zero-order valence-corrected chi connectivity index (χ0v) is 16.4. The summed E-state index contributed by atoms with van der Waals surface area (Å²) in [5.74, 6) is 1.92. The molecule has 0 radical (unpaired) electrons. The molecule has 1 fully saturated rings. The lowest BCUT2D eigenvalue weighted by molar-refractivity contribution is -0.124. The zero-order valence-electron chi connectivity index (χ0n) is 15.4. The Hall–Kier alpha value is -1.53. The molecule has 0 aromatic carbocycles. The molecule has 5 nitrogen and oxygen atoms in total. The Balaban J connectivity index is 1.54. The molecule has 1 aromatic rings. The third-order valence-corrected chi connectivity index (χ3v) is 7.57. The Kier molecular flexibility index (Phi) is 4.07. The van der Waals surface area contributed by atoms with Crippen LogP contribution in [0.3, 0.4) is 0 Å². The SMILES string of the molecule is C[Si](C)(C)CCOCN1C(=O)[C@]2(C[C@@H]3CN=C[C@@H]3C2)c2cccnc21. The molecule has 3 atom stereocenters. The summed E-state index contributed by atoms with van der Waals surface area (Å²) in [6.07, 6.45) is 5.60. The molecular weight excluding hydrogens is 330 g/mol. The second-order valence-corrected chi connectivity index (χ2v) is 14.5. The van der Waals surface area contributed by atoms with Gasteiger partial charge in [-0.3, -0.25) is 14.7 Å². The average Bonchev–Trinajstić information content (AvgIpc) is 3.18. The summed E-state index contributed by atoms with van der Waals surface area (Å²) in [5.41, 5.74) is 0.685. The van der Waals surface area contributed by atoms with Gasteiger partial charge in [0.2, 0.25) is 5.91 Å². The number of nitrogens with zero attached hydrogens (tertiary/aromatic N) is 3. The molecule has 0 saturated heterocycles. The van der Waals surface area contributed by atoms with Gasteiger partial charge in [0.15, 0.2) is 0 Å². The van der Waals surface area contributed by atoms with E-state index in [0.29, 0.717) is 25.2 Å². The molecule has 3 heterocycles. The molecule has 1 aromatic heterocycles. The minimum Gasteiger partial charge on any atom is -0.361 e. The Morgan fingerprint density at radius 3 is 2.96 bits per heavy atom. The molecule has 1 spiro atoms. The predicted molar refractivity (Wildman–Crippen MR) is 102 cm³/mol. The monoisotopic (exact) mass is 357 g/mol. The van der Waals surface area contributed by atoms with Gasteiger partial charge < -0.3 is 4.74 Å². The second kappa shape index (κ2) is 6.02. The van der Waals surface area contributed by atoms with Crippen LogP contribution in [-0.2, 0) is 14.9 Å². The fourth-order valence-corrected chi connectivity index (χ4v) is 5.22. The molecule has 0 N–H and O–H groups in total. The predicted octanol–water partition coefficient (Wildman–Crippen LogP) is 3.09. The number of carbonyl (C=O) groups excluding carboxylic acids is 1.